The highest BCUT2D eigenvalue weighted by Crippen LogP contribution is 2.46. The summed E-state index contributed by atoms with van der Waals surface area (Å²) in [5.74, 6) is -0.181. The molecule has 7 heteroatoms. The van der Waals surface area contributed by atoms with E-state index in [1.807, 2.05) is 36.4 Å². The molecule has 1 unspecified atom stereocenters. The van der Waals surface area contributed by atoms with Crippen molar-refractivity contribution in [3.05, 3.63) is 59.7 Å². The van der Waals surface area contributed by atoms with Gasteiger partial charge in [0.15, 0.2) is 0 Å². The molecule has 6 nitrogen and oxygen atoms in total. The molecule has 3 aliphatic rings. The number of anilines is 1. The van der Waals surface area contributed by atoms with Gasteiger partial charge in [-0.15, -0.1) is 0 Å². The van der Waals surface area contributed by atoms with Crippen molar-refractivity contribution in [3.8, 4) is 0 Å². The number of aliphatic hydroxyl groups is 1. The van der Waals surface area contributed by atoms with Gasteiger partial charge < -0.3 is 20.2 Å². The first-order chi connectivity index (χ1) is 14.5. The molecule has 2 aromatic carbocycles. The Kier molecular flexibility index (Phi) is 4.95. The first-order valence-corrected chi connectivity index (χ1v) is 11.3. The van der Waals surface area contributed by atoms with Gasteiger partial charge in [0, 0.05) is 42.3 Å². The predicted octanol–water partition coefficient (Wildman–Crippen LogP) is 3.10. The second kappa shape index (κ2) is 7.63. The maximum absolute atomic E-state index is 12.9. The molecule has 30 heavy (non-hydrogen) atoms. The summed E-state index contributed by atoms with van der Waals surface area (Å²) < 4.78 is 0. The standard InChI is InChI=1S/C23H25N3O3S/c27-21(25-12-14-26(15-13-25)22(28)23(29)10-3-11-23)17-8-6-16(7-9-17)20-24-18-4-1-2-5-19(18)30-20/h1-2,4-9,20,24,29H,3,10-15H2. The Hall–Kier alpha value is -2.51. The van der Waals surface area contributed by atoms with Gasteiger partial charge >= 0.3 is 0 Å². The lowest BCUT2D eigenvalue weighted by atomic mass is 9.79. The number of para-hydroxylation sites is 1. The number of nitrogens with one attached hydrogen (secondary N) is 1. The maximum Gasteiger partial charge on any atom is 0.254 e. The lowest BCUT2D eigenvalue weighted by Gasteiger charge is -2.42. The summed E-state index contributed by atoms with van der Waals surface area (Å²) in [5, 5.41) is 13.9. The number of carbonyl (C=O) groups excluding carboxylic acids is 2. The smallest absolute Gasteiger partial charge is 0.254 e. The highest BCUT2D eigenvalue weighted by molar-refractivity contribution is 8.00. The van der Waals surface area contributed by atoms with Crippen molar-refractivity contribution >= 4 is 29.3 Å². The largest absolute Gasteiger partial charge is 0.380 e. The third-order valence-electron chi connectivity index (χ3n) is 6.31. The quantitative estimate of drug-likeness (QED) is 0.794. The average Bonchev–Trinajstić information content (AvgIpc) is 3.21. The van der Waals surface area contributed by atoms with Crippen molar-refractivity contribution < 1.29 is 14.7 Å². The lowest BCUT2D eigenvalue weighted by molar-refractivity contribution is -0.161. The number of nitrogens with zero attached hydrogens (tertiary/aromatic N) is 2. The van der Waals surface area contributed by atoms with E-state index in [1.54, 1.807) is 21.6 Å². The Morgan fingerprint density at radius 1 is 0.967 bits per heavy atom. The van der Waals surface area contributed by atoms with Crippen LogP contribution in [0.25, 0.3) is 0 Å². The van der Waals surface area contributed by atoms with Crippen molar-refractivity contribution in [2.75, 3.05) is 31.5 Å². The number of piperazine rings is 1. The van der Waals surface area contributed by atoms with Crippen molar-refractivity contribution in [2.24, 2.45) is 0 Å². The van der Waals surface area contributed by atoms with Crippen LogP contribution in [0.15, 0.2) is 53.4 Å². The predicted molar refractivity (Wildman–Crippen MR) is 116 cm³/mol. The molecule has 0 radical (unpaired) electrons. The molecule has 2 fully saturated rings. The number of thioether (sulfide) groups is 1. The Balaban J connectivity index is 1.19. The zero-order chi connectivity index (χ0) is 20.7. The summed E-state index contributed by atoms with van der Waals surface area (Å²) in [4.78, 5) is 30.1. The van der Waals surface area contributed by atoms with Crippen molar-refractivity contribution in [1.82, 2.24) is 9.80 Å². The Labute approximate surface area is 180 Å². The van der Waals surface area contributed by atoms with Crippen LogP contribution in [-0.2, 0) is 4.79 Å². The van der Waals surface area contributed by atoms with Crippen LogP contribution in [0.2, 0.25) is 0 Å². The number of benzene rings is 2. The van der Waals surface area contributed by atoms with Gasteiger partial charge in [-0.3, -0.25) is 9.59 Å². The van der Waals surface area contributed by atoms with Gasteiger partial charge in [-0.25, -0.2) is 0 Å². The Morgan fingerprint density at radius 2 is 1.63 bits per heavy atom. The van der Waals surface area contributed by atoms with Crippen molar-refractivity contribution in [1.29, 1.82) is 0 Å². The third kappa shape index (κ3) is 3.46. The fourth-order valence-electron chi connectivity index (χ4n) is 4.25. The van der Waals surface area contributed by atoms with Crippen LogP contribution in [-0.4, -0.2) is 58.5 Å². The van der Waals surface area contributed by atoms with Crippen LogP contribution in [0, 0.1) is 0 Å². The van der Waals surface area contributed by atoms with Gasteiger partial charge in [0.2, 0.25) is 0 Å². The topological polar surface area (TPSA) is 72.9 Å². The molecule has 1 atom stereocenters. The summed E-state index contributed by atoms with van der Waals surface area (Å²) in [6.45, 7) is 1.95. The zero-order valence-corrected chi connectivity index (χ0v) is 17.5. The number of hydrogen-bond acceptors (Lipinski definition) is 5. The van der Waals surface area contributed by atoms with Crippen molar-refractivity contribution in [2.45, 2.75) is 35.1 Å². The summed E-state index contributed by atoms with van der Waals surface area (Å²) in [6, 6.07) is 16.0. The van der Waals surface area contributed by atoms with E-state index in [0.29, 0.717) is 44.6 Å². The number of hydrogen-bond donors (Lipinski definition) is 2. The Bertz CT molecular complexity index is 941. The van der Waals surface area contributed by atoms with E-state index in [1.165, 1.54) is 4.90 Å². The van der Waals surface area contributed by atoms with Gasteiger partial charge in [0.05, 0.1) is 0 Å². The highest BCUT2D eigenvalue weighted by atomic mass is 32.2. The van der Waals surface area contributed by atoms with Crippen molar-refractivity contribution in [3.63, 3.8) is 0 Å². The average molecular weight is 424 g/mol. The van der Waals surface area contributed by atoms with Crippen LogP contribution >= 0.6 is 11.8 Å². The van der Waals surface area contributed by atoms with Crippen LogP contribution in [0.5, 0.6) is 0 Å². The van der Waals surface area contributed by atoms with E-state index in [4.69, 9.17) is 0 Å². The summed E-state index contributed by atoms with van der Waals surface area (Å²) in [5.41, 5.74) is 1.79. The molecule has 0 aromatic heterocycles. The first kappa shape index (κ1) is 19.5. The number of rotatable bonds is 3. The minimum Gasteiger partial charge on any atom is -0.380 e. The van der Waals surface area contributed by atoms with E-state index in [2.05, 4.69) is 17.4 Å². The third-order valence-corrected chi connectivity index (χ3v) is 7.55. The first-order valence-electron chi connectivity index (χ1n) is 10.5. The van der Waals surface area contributed by atoms with Crippen LogP contribution in [0.4, 0.5) is 5.69 Å². The Morgan fingerprint density at radius 3 is 2.27 bits per heavy atom. The molecular formula is C23H25N3O3S. The van der Waals surface area contributed by atoms with Crippen LogP contribution < -0.4 is 5.32 Å². The fourth-order valence-corrected chi connectivity index (χ4v) is 5.40. The van der Waals surface area contributed by atoms with Gasteiger partial charge in [-0.2, -0.15) is 0 Å². The van der Waals surface area contributed by atoms with E-state index < -0.39 is 5.60 Å². The maximum atomic E-state index is 12.9. The minimum atomic E-state index is -1.16. The molecule has 1 aliphatic carbocycles. The molecule has 0 spiro atoms. The van der Waals surface area contributed by atoms with Gasteiger partial charge in [0.25, 0.3) is 11.8 Å². The van der Waals surface area contributed by atoms with E-state index in [9.17, 15) is 14.7 Å². The van der Waals surface area contributed by atoms with E-state index >= 15 is 0 Å². The van der Waals surface area contributed by atoms with Gasteiger partial charge in [-0.1, -0.05) is 36.0 Å². The summed E-state index contributed by atoms with van der Waals surface area (Å²) in [6.07, 6.45) is 2.00. The lowest BCUT2D eigenvalue weighted by Crippen LogP contribution is -2.58. The molecule has 2 N–H and O–H groups in total. The molecular weight excluding hydrogens is 398 g/mol. The zero-order valence-electron chi connectivity index (χ0n) is 16.7. The van der Waals surface area contributed by atoms with Crippen LogP contribution in [0.1, 0.15) is 40.6 Å². The fraction of sp³-hybridized carbons (Fsp3) is 0.391. The molecule has 2 heterocycles. The monoisotopic (exact) mass is 423 g/mol. The van der Waals surface area contributed by atoms with E-state index in [0.717, 1.165) is 17.7 Å². The number of amides is 2. The summed E-state index contributed by atoms with van der Waals surface area (Å²) in [7, 11) is 0. The second-order valence-corrected chi connectivity index (χ2v) is 9.38. The van der Waals surface area contributed by atoms with E-state index in [-0.39, 0.29) is 17.2 Å². The molecule has 5 rings (SSSR count). The molecule has 1 saturated carbocycles. The molecule has 1 saturated heterocycles. The van der Waals surface area contributed by atoms with Gasteiger partial charge in [0.1, 0.15) is 11.0 Å². The molecule has 2 aliphatic heterocycles. The summed E-state index contributed by atoms with van der Waals surface area (Å²) >= 11 is 1.78. The second-order valence-electron chi connectivity index (χ2n) is 8.23. The SMILES string of the molecule is O=C(c1ccc(C2Nc3ccccc3S2)cc1)N1CCN(C(=O)C2(O)CCC2)CC1. The molecule has 156 valence electrons. The number of fused-ring (bicyclic) bond motifs is 1. The number of carbonyl (C=O) groups is 2. The highest BCUT2D eigenvalue weighted by Gasteiger charge is 2.45. The molecule has 2 amide bonds. The normalized spacial score (nSPS) is 22.1. The van der Waals surface area contributed by atoms with Gasteiger partial charge in [-0.05, 0) is 49.1 Å². The van der Waals surface area contributed by atoms with Crippen LogP contribution in [0.3, 0.4) is 0 Å². The molecule has 2 aromatic rings. The minimum absolute atomic E-state index is 0.00803. The molecule has 0 bridgehead atoms.